The summed E-state index contributed by atoms with van der Waals surface area (Å²) >= 11 is 0. The highest BCUT2D eigenvalue weighted by Crippen LogP contribution is 2.09. The van der Waals surface area contributed by atoms with Crippen molar-refractivity contribution in [2.45, 2.75) is 0 Å². The lowest BCUT2D eigenvalue weighted by Gasteiger charge is -1.89. The van der Waals surface area contributed by atoms with Gasteiger partial charge < -0.3 is 16.0 Å². The molecule has 4 nitrogen and oxygen atoms in total. The summed E-state index contributed by atoms with van der Waals surface area (Å²) in [6, 6.07) is 6.40. The molecule has 0 amide bonds. The Hall–Kier alpha value is -1.26. The SMILES string of the molecule is NO.Nc1ccc(O)cc1. The van der Waals surface area contributed by atoms with Gasteiger partial charge in [-0.15, -0.1) is 0 Å². The van der Waals surface area contributed by atoms with Crippen LogP contribution in [0.25, 0.3) is 0 Å². The molecular weight excluding hydrogens is 132 g/mol. The third-order valence-electron chi connectivity index (χ3n) is 0.893. The second-order valence-corrected chi connectivity index (χ2v) is 1.59. The van der Waals surface area contributed by atoms with Crippen molar-refractivity contribution in [3.05, 3.63) is 24.3 Å². The highest BCUT2D eigenvalue weighted by molar-refractivity contribution is 5.40. The van der Waals surface area contributed by atoms with Crippen LogP contribution in [0.3, 0.4) is 0 Å². The lowest BCUT2D eigenvalue weighted by molar-refractivity contribution is 0.311. The Kier molecular flexibility index (Phi) is 4.02. The topological polar surface area (TPSA) is 92.5 Å². The molecule has 56 valence electrons. The van der Waals surface area contributed by atoms with Gasteiger partial charge in [0.1, 0.15) is 5.75 Å². The van der Waals surface area contributed by atoms with Gasteiger partial charge in [0.15, 0.2) is 0 Å². The molecule has 0 atom stereocenters. The number of nitrogens with two attached hydrogens (primary N) is 2. The van der Waals surface area contributed by atoms with Crippen molar-refractivity contribution in [3.8, 4) is 5.75 Å². The van der Waals surface area contributed by atoms with Crippen LogP contribution in [0.2, 0.25) is 0 Å². The number of hydrogen-bond donors (Lipinski definition) is 4. The Morgan fingerprint density at radius 2 is 1.40 bits per heavy atom. The number of benzene rings is 1. The van der Waals surface area contributed by atoms with Gasteiger partial charge in [-0.05, 0) is 24.3 Å². The van der Waals surface area contributed by atoms with Crippen LogP contribution in [0.4, 0.5) is 5.69 Å². The predicted octanol–water partition coefficient (Wildman–Crippen LogP) is 0.309. The average molecular weight is 142 g/mol. The highest BCUT2D eigenvalue weighted by Gasteiger charge is 1.82. The van der Waals surface area contributed by atoms with Crippen molar-refractivity contribution < 1.29 is 10.3 Å². The Bertz CT molecular complexity index is 153. The van der Waals surface area contributed by atoms with E-state index in [-0.39, 0.29) is 5.75 Å². The number of phenolic OH excluding ortho intramolecular Hbond substituents is 1. The zero-order valence-electron chi connectivity index (χ0n) is 5.36. The molecule has 4 heteroatoms. The molecule has 0 spiro atoms. The molecule has 0 fully saturated rings. The Morgan fingerprint density at radius 3 is 1.70 bits per heavy atom. The van der Waals surface area contributed by atoms with Crippen LogP contribution < -0.4 is 11.6 Å². The molecule has 0 aliphatic rings. The van der Waals surface area contributed by atoms with Crippen LogP contribution >= 0.6 is 0 Å². The van der Waals surface area contributed by atoms with Gasteiger partial charge in [-0.25, -0.2) is 5.90 Å². The summed E-state index contributed by atoms with van der Waals surface area (Å²) < 4.78 is 0. The minimum Gasteiger partial charge on any atom is -0.508 e. The molecule has 0 saturated heterocycles. The van der Waals surface area contributed by atoms with Crippen molar-refractivity contribution in [3.63, 3.8) is 0 Å². The van der Waals surface area contributed by atoms with E-state index in [1.165, 1.54) is 0 Å². The fraction of sp³-hybridized carbons (Fsp3) is 0. The van der Waals surface area contributed by atoms with Gasteiger partial charge >= 0.3 is 0 Å². The minimum absolute atomic E-state index is 0.249. The number of nitrogen functional groups attached to an aromatic ring is 1. The summed E-state index contributed by atoms with van der Waals surface area (Å²) in [6.07, 6.45) is 0. The van der Waals surface area contributed by atoms with Crippen molar-refractivity contribution in [1.82, 2.24) is 0 Å². The van der Waals surface area contributed by atoms with Gasteiger partial charge in [0.05, 0.1) is 0 Å². The monoisotopic (exact) mass is 142 g/mol. The lowest BCUT2D eigenvalue weighted by Crippen LogP contribution is -1.80. The van der Waals surface area contributed by atoms with Crippen molar-refractivity contribution in [2.24, 2.45) is 5.90 Å². The molecule has 0 heterocycles. The normalized spacial score (nSPS) is 7.80. The zero-order chi connectivity index (χ0) is 7.98. The van der Waals surface area contributed by atoms with E-state index in [1.807, 2.05) is 0 Å². The van der Waals surface area contributed by atoms with Crippen molar-refractivity contribution in [2.75, 3.05) is 5.73 Å². The van der Waals surface area contributed by atoms with E-state index in [9.17, 15) is 0 Å². The van der Waals surface area contributed by atoms with Crippen LogP contribution in [-0.4, -0.2) is 10.3 Å². The second-order valence-electron chi connectivity index (χ2n) is 1.59. The summed E-state index contributed by atoms with van der Waals surface area (Å²) in [5.41, 5.74) is 5.98. The first-order valence-corrected chi connectivity index (χ1v) is 2.59. The van der Waals surface area contributed by atoms with Gasteiger partial charge in [0.2, 0.25) is 0 Å². The molecule has 0 aliphatic heterocycles. The van der Waals surface area contributed by atoms with E-state index in [1.54, 1.807) is 24.3 Å². The fourth-order valence-corrected chi connectivity index (χ4v) is 0.474. The molecule has 0 aliphatic carbocycles. The zero-order valence-corrected chi connectivity index (χ0v) is 5.36. The predicted molar refractivity (Wildman–Crippen MR) is 38.5 cm³/mol. The van der Waals surface area contributed by atoms with Gasteiger partial charge in [-0.3, -0.25) is 0 Å². The van der Waals surface area contributed by atoms with Crippen molar-refractivity contribution >= 4 is 5.69 Å². The summed E-state index contributed by atoms with van der Waals surface area (Å²) in [5, 5.41) is 15.2. The third-order valence-corrected chi connectivity index (χ3v) is 0.893. The number of hydrogen-bond acceptors (Lipinski definition) is 4. The Balaban J connectivity index is 0.000000371. The number of aromatic hydroxyl groups is 1. The van der Waals surface area contributed by atoms with Crippen LogP contribution in [0.5, 0.6) is 5.75 Å². The van der Waals surface area contributed by atoms with Crippen LogP contribution in [0.1, 0.15) is 0 Å². The molecule has 1 aromatic rings. The molecule has 1 aromatic carbocycles. The third kappa shape index (κ3) is 2.91. The second kappa shape index (κ2) is 4.60. The number of phenols is 1. The maximum Gasteiger partial charge on any atom is 0.115 e. The largest absolute Gasteiger partial charge is 0.508 e. The Labute approximate surface area is 58.7 Å². The molecule has 1 rings (SSSR count). The maximum absolute atomic E-state index is 8.70. The lowest BCUT2D eigenvalue weighted by atomic mass is 10.3. The standard InChI is InChI=1S/C6H7NO.H3NO/c7-5-1-3-6(8)4-2-5;1-2/h1-4,8H,7H2;2H,1H2. The van der Waals surface area contributed by atoms with E-state index in [0.717, 1.165) is 0 Å². The van der Waals surface area contributed by atoms with Gasteiger partial charge in [-0.2, -0.15) is 0 Å². The molecule has 10 heavy (non-hydrogen) atoms. The maximum atomic E-state index is 8.70. The first kappa shape index (κ1) is 8.74. The fourth-order valence-electron chi connectivity index (χ4n) is 0.474. The number of rotatable bonds is 0. The van der Waals surface area contributed by atoms with E-state index in [2.05, 4.69) is 5.90 Å². The van der Waals surface area contributed by atoms with E-state index in [4.69, 9.17) is 16.0 Å². The summed E-state index contributed by atoms with van der Waals surface area (Å²) in [4.78, 5) is 0. The Morgan fingerprint density at radius 1 is 1.00 bits per heavy atom. The quantitative estimate of drug-likeness (QED) is 0.238. The molecule has 0 bridgehead atoms. The molecule has 0 saturated carbocycles. The summed E-state index contributed by atoms with van der Waals surface area (Å²) in [6.45, 7) is 0. The first-order valence-electron chi connectivity index (χ1n) is 2.59. The molecule has 6 N–H and O–H groups in total. The molecule has 0 radical (unpaired) electrons. The molecular formula is C6H10N2O2. The van der Waals surface area contributed by atoms with Crippen LogP contribution in [0.15, 0.2) is 24.3 Å². The average Bonchev–Trinajstić information content (AvgIpc) is 2.00. The van der Waals surface area contributed by atoms with Crippen molar-refractivity contribution in [1.29, 1.82) is 0 Å². The smallest absolute Gasteiger partial charge is 0.115 e. The molecule has 0 aromatic heterocycles. The minimum atomic E-state index is 0.249. The van der Waals surface area contributed by atoms with E-state index >= 15 is 0 Å². The van der Waals surface area contributed by atoms with Gasteiger partial charge in [0.25, 0.3) is 0 Å². The summed E-state index contributed by atoms with van der Waals surface area (Å²) in [7, 11) is 0. The van der Waals surface area contributed by atoms with Crippen LogP contribution in [-0.2, 0) is 0 Å². The van der Waals surface area contributed by atoms with Gasteiger partial charge in [-0.1, -0.05) is 0 Å². The van der Waals surface area contributed by atoms with Gasteiger partial charge in [0, 0.05) is 5.69 Å². The molecule has 0 unspecified atom stereocenters. The number of anilines is 1. The van der Waals surface area contributed by atoms with Crippen LogP contribution in [0, 0.1) is 0 Å². The van der Waals surface area contributed by atoms with E-state index in [0.29, 0.717) is 5.69 Å². The first-order chi connectivity index (χ1) is 4.79. The summed E-state index contributed by atoms with van der Waals surface area (Å²) in [5.74, 6) is 3.75. The highest BCUT2D eigenvalue weighted by atomic mass is 16.4. The van der Waals surface area contributed by atoms with E-state index < -0.39 is 0 Å².